The number of aliphatic hydroxyl groups excluding tert-OH is 1. The largest absolute Gasteiger partial charge is 0.390 e. The first kappa shape index (κ1) is 13.3. The number of amides is 1. The van der Waals surface area contributed by atoms with Gasteiger partial charge in [0.15, 0.2) is 0 Å². The van der Waals surface area contributed by atoms with Crippen LogP contribution in [0.2, 0.25) is 5.02 Å². The molecule has 1 atom stereocenters. The lowest BCUT2D eigenvalue weighted by atomic mass is 9.94. The Kier molecular flexibility index (Phi) is 4.22. The summed E-state index contributed by atoms with van der Waals surface area (Å²) in [6, 6.07) is 7.20. The number of nitrogens with two attached hydrogens (primary N) is 1. The molecular formula is C13H17ClN2O2. The van der Waals surface area contributed by atoms with Crippen LogP contribution in [0.25, 0.3) is 0 Å². The van der Waals surface area contributed by atoms with Crippen LogP contribution in [0.5, 0.6) is 0 Å². The quantitative estimate of drug-likeness (QED) is 0.836. The van der Waals surface area contributed by atoms with Gasteiger partial charge in [-0.3, -0.25) is 9.69 Å². The Bertz CT molecular complexity index is 416. The molecule has 2 rings (SSSR count). The number of hydrogen-bond acceptors (Lipinski definition) is 3. The summed E-state index contributed by atoms with van der Waals surface area (Å²) in [6.07, 6.45) is 0.455. The zero-order chi connectivity index (χ0) is 13.1. The number of primary amides is 1. The lowest BCUT2D eigenvalue weighted by Gasteiger charge is -2.36. The molecule has 0 aliphatic carbocycles. The van der Waals surface area contributed by atoms with Crippen molar-refractivity contribution in [2.24, 2.45) is 5.73 Å². The lowest BCUT2D eigenvalue weighted by molar-refractivity contribution is -0.119. The van der Waals surface area contributed by atoms with Crippen LogP contribution < -0.4 is 5.73 Å². The molecule has 5 heteroatoms. The number of likely N-dealkylation sites (tertiary alicyclic amines) is 1. The van der Waals surface area contributed by atoms with Crippen molar-refractivity contribution in [1.29, 1.82) is 0 Å². The van der Waals surface area contributed by atoms with E-state index in [1.807, 2.05) is 12.1 Å². The second kappa shape index (κ2) is 5.69. The molecule has 0 unspecified atom stereocenters. The van der Waals surface area contributed by atoms with E-state index >= 15 is 0 Å². The van der Waals surface area contributed by atoms with Gasteiger partial charge in [-0.25, -0.2) is 0 Å². The number of hydrogen-bond donors (Lipinski definition) is 2. The van der Waals surface area contributed by atoms with Crippen molar-refractivity contribution < 1.29 is 9.90 Å². The molecule has 1 saturated heterocycles. The van der Waals surface area contributed by atoms with Crippen molar-refractivity contribution in [2.45, 2.75) is 18.4 Å². The zero-order valence-corrected chi connectivity index (χ0v) is 10.8. The molecule has 1 fully saturated rings. The maximum absolute atomic E-state index is 11.5. The second-order valence-corrected chi connectivity index (χ2v) is 5.15. The van der Waals surface area contributed by atoms with E-state index in [0.29, 0.717) is 24.5 Å². The number of aliphatic hydroxyl groups is 1. The second-order valence-electron chi connectivity index (χ2n) is 4.71. The smallest absolute Gasteiger partial charge is 0.225 e. The number of halogens is 1. The van der Waals surface area contributed by atoms with E-state index in [1.54, 1.807) is 12.1 Å². The van der Waals surface area contributed by atoms with Crippen molar-refractivity contribution >= 4 is 17.5 Å². The molecule has 1 aliphatic rings. The van der Waals surface area contributed by atoms with E-state index in [0.717, 1.165) is 12.1 Å². The molecule has 3 N–H and O–H groups in total. The Hall–Kier alpha value is -1.10. The molecular weight excluding hydrogens is 252 g/mol. The van der Waals surface area contributed by atoms with Crippen molar-refractivity contribution in [3.05, 3.63) is 34.9 Å². The third-order valence-electron chi connectivity index (χ3n) is 3.29. The number of rotatable bonds is 5. The molecule has 0 radical (unpaired) electrons. The minimum Gasteiger partial charge on any atom is -0.390 e. The van der Waals surface area contributed by atoms with Crippen LogP contribution in [-0.2, 0) is 4.79 Å². The van der Waals surface area contributed by atoms with E-state index < -0.39 is 0 Å². The number of nitrogens with zero attached hydrogens (tertiary/aromatic N) is 1. The van der Waals surface area contributed by atoms with E-state index in [1.165, 1.54) is 0 Å². The normalized spacial score (nSPS) is 18.3. The van der Waals surface area contributed by atoms with Crippen molar-refractivity contribution in [2.75, 3.05) is 19.6 Å². The summed E-state index contributed by atoms with van der Waals surface area (Å²) in [4.78, 5) is 13.6. The van der Waals surface area contributed by atoms with E-state index in [-0.39, 0.29) is 17.9 Å². The van der Waals surface area contributed by atoms with Crippen LogP contribution in [0.4, 0.5) is 0 Å². The maximum atomic E-state index is 11.5. The molecule has 0 saturated carbocycles. The summed E-state index contributed by atoms with van der Waals surface area (Å²) < 4.78 is 0. The third kappa shape index (κ3) is 3.22. The summed E-state index contributed by atoms with van der Waals surface area (Å²) in [5.41, 5.74) is 6.34. The lowest BCUT2D eigenvalue weighted by Crippen LogP contribution is -2.51. The maximum Gasteiger partial charge on any atom is 0.225 e. The van der Waals surface area contributed by atoms with E-state index in [4.69, 9.17) is 17.3 Å². The van der Waals surface area contributed by atoms with Crippen LogP contribution in [-0.4, -0.2) is 41.7 Å². The molecule has 0 spiro atoms. The molecule has 98 valence electrons. The monoisotopic (exact) mass is 268 g/mol. The summed E-state index contributed by atoms with van der Waals surface area (Å²) in [6.45, 7) is 2.14. The third-order valence-corrected chi connectivity index (χ3v) is 3.54. The number of β-amino-alcohol motifs (C(OH)–C–C–N with tert-alkyl or cyclic N) is 1. The Morgan fingerprint density at radius 3 is 2.56 bits per heavy atom. The molecule has 4 nitrogen and oxygen atoms in total. The van der Waals surface area contributed by atoms with Gasteiger partial charge in [-0.1, -0.05) is 23.7 Å². The fourth-order valence-electron chi connectivity index (χ4n) is 2.21. The van der Waals surface area contributed by atoms with Crippen molar-refractivity contribution in [1.82, 2.24) is 4.90 Å². The first-order valence-electron chi connectivity index (χ1n) is 6.01. The van der Waals surface area contributed by atoms with Gasteiger partial charge in [0.25, 0.3) is 0 Å². The molecule has 1 heterocycles. The summed E-state index contributed by atoms with van der Waals surface area (Å²) in [5.74, 6) is -0.613. The zero-order valence-electron chi connectivity index (χ0n) is 10.1. The molecule has 0 aromatic heterocycles. The van der Waals surface area contributed by atoms with Crippen LogP contribution >= 0.6 is 11.6 Å². The summed E-state index contributed by atoms with van der Waals surface area (Å²) in [5, 5.41) is 9.84. The Balaban J connectivity index is 1.95. The fourth-order valence-corrected chi connectivity index (χ4v) is 2.33. The van der Waals surface area contributed by atoms with E-state index in [9.17, 15) is 9.90 Å². The highest BCUT2D eigenvalue weighted by Crippen LogP contribution is 2.22. The summed E-state index contributed by atoms with van der Waals surface area (Å²) in [7, 11) is 0. The Morgan fingerprint density at radius 1 is 1.44 bits per heavy atom. The SMILES string of the molecule is NC(=O)[C@H](CCN1CC(O)C1)c1ccc(Cl)cc1. The minimum absolute atomic E-state index is 0.215. The van der Waals surface area contributed by atoms with E-state index in [2.05, 4.69) is 4.90 Å². The van der Waals surface area contributed by atoms with Crippen LogP contribution in [0.15, 0.2) is 24.3 Å². The van der Waals surface area contributed by atoms with Crippen molar-refractivity contribution in [3.63, 3.8) is 0 Å². The molecule has 18 heavy (non-hydrogen) atoms. The molecule has 0 bridgehead atoms. The highest BCUT2D eigenvalue weighted by Gasteiger charge is 2.26. The van der Waals surface area contributed by atoms with Gasteiger partial charge in [0.2, 0.25) is 5.91 Å². The summed E-state index contributed by atoms with van der Waals surface area (Å²) >= 11 is 5.82. The van der Waals surface area contributed by atoms with Crippen LogP contribution in [0.1, 0.15) is 17.9 Å². The standard InChI is InChI=1S/C13H17ClN2O2/c14-10-3-1-9(2-4-10)12(13(15)18)5-6-16-7-11(17)8-16/h1-4,11-12,17H,5-8H2,(H2,15,18)/t12-/m1/s1. The number of benzene rings is 1. The van der Waals surface area contributed by atoms with Gasteiger partial charge in [0.1, 0.15) is 0 Å². The Morgan fingerprint density at radius 2 is 2.06 bits per heavy atom. The van der Waals surface area contributed by atoms with Crippen LogP contribution in [0, 0.1) is 0 Å². The van der Waals surface area contributed by atoms with Gasteiger partial charge < -0.3 is 10.8 Å². The average Bonchev–Trinajstić information content (AvgIpc) is 2.28. The Labute approximate surface area is 111 Å². The first-order chi connectivity index (χ1) is 8.56. The van der Waals surface area contributed by atoms with Crippen molar-refractivity contribution in [3.8, 4) is 0 Å². The number of carbonyl (C=O) groups is 1. The molecule has 1 amide bonds. The first-order valence-corrected chi connectivity index (χ1v) is 6.39. The highest BCUT2D eigenvalue weighted by atomic mass is 35.5. The van der Waals surface area contributed by atoms with Gasteiger partial charge >= 0.3 is 0 Å². The minimum atomic E-state index is -0.321. The average molecular weight is 269 g/mol. The highest BCUT2D eigenvalue weighted by molar-refractivity contribution is 6.30. The predicted octanol–water partition coefficient (Wildman–Crippen LogP) is 0.976. The molecule has 1 aromatic rings. The predicted molar refractivity (Wildman–Crippen MR) is 70.5 cm³/mol. The number of carbonyl (C=O) groups excluding carboxylic acids is 1. The van der Waals surface area contributed by atoms with Crippen LogP contribution in [0.3, 0.4) is 0 Å². The molecule has 1 aliphatic heterocycles. The van der Waals surface area contributed by atoms with Gasteiger partial charge in [-0.15, -0.1) is 0 Å². The topological polar surface area (TPSA) is 66.6 Å². The van der Waals surface area contributed by atoms with Gasteiger partial charge in [-0.2, -0.15) is 0 Å². The molecule has 1 aromatic carbocycles. The van der Waals surface area contributed by atoms with Gasteiger partial charge in [0.05, 0.1) is 12.0 Å². The van der Waals surface area contributed by atoms with Gasteiger partial charge in [-0.05, 0) is 30.7 Å². The fraction of sp³-hybridized carbons (Fsp3) is 0.462. The van der Waals surface area contributed by atoms with Gasteiger partial charge in [0, 0.05) is 18.1 Å².